The zero-order chi connectivity index (χ0) is 20.7. The van der Waals surface area contributed by atoms with Gasteiger partial charge in [-0.25, -0.2) is 0 Å². The Labute approximate surface area is 148 Å². The third-order valence-corrected chi connectivity index (χ3v) is 4.57. The predicted octanol–water partition coefficient (Wildman–Crippen LogP) is 1.82. The van der Waals surface area contributed by atoms with Gasteiger partial charge in [-0.15, -0.1) is 0 Å². The minimum atomic E-state index is -1.80. The third kappa shape index (κ3) is 3.62. The van der Waals surface area contributed by atoms with E-state index in [-0.39, 0.29) is 24.5 Å². The summed E-state index contributed by atoms with van der Waals surface area (Å²) in [5.74, 6) is 0.235. The van der Waals surface area contributed by atoms with E-state index in [9.17, 15) is 10.1 Å². The molecule has 2 fully saturated rings. The Morgan fingerprint density at radius 3 is 2.46 bits per heavy atom. The maximum Gasteiger partial charge on any atom is 0.273 e. The van der Waals surface area contributed by atoms with Crippen molar-refractivity contribution in [3.8, 4) is 5.75 Å². The largest absolute Gasteiger partial charge is 0.494 e. The van der Waals surface area contributed by atoms with Gasteiger partial charge in [-0.1, -0.05) is 0 Å². The van der Waals surface area contributed by atoms with Crippen LogP contribution in [0.5, 0.6) is 5.75 Å². The highest BCUT2D eigenvalue weighted by Gasteiger charge is 2.28. The van der Waals surface area contributed by atoms with Crippen molar-refractivity contribution in [2.24, 2.45) is 0 Å². The number of hydrogen-bond acceptors (Lipinski definition) is 6. The van der Waals surface area contributed by atoms with Crippen LogP contribution in [0.4, 0.5) is 11.4 Å². The number of rotatable bonds is 4. The molecular formula is C17H26N4O3. The smallest absolute Gasteiger partial charge is 0.273 e. The normalized spacial score (nSPS) is 27.7. The number of nitro groups is 1. The molecule has 0 spiro atoms. The highest BCUT2D eigenvalue weighted by Crippen LogP contribution is 2.34. The molecule has 0 atom stereocenters. The van der Waals surface area contributed by atoms with Crippen LogP contribution in [0.15, 0.2) is 18.2 Å². The van der Waals surface area contributed by atoms with E-state index in [1.165, 1.54) is 25.3 Å². The van der Waals surface area contributed by atoms with E-state index in [1.54, 1.807) is 4.90 Å². The fourth-order valence-corrected chi connectivity index (χ4v) is 3.07. The number of nitrogens with zero attached hydrogens (tertiary/aromatic N) is 4. The van der Waals surface area contributed by atoms with Crippen LogP contribution in [0.2, 0.25) is 0 Å². The Kier molecular flexibility index (Phi) is 3.83. The molecule has 0 aromatic heterocycles. The fraction of sp³-hybridized carbons (Fsp3) is 0.647. The Bertz CT molecular complexity index is 723. The van der Waals surface area contributed by atoms with Crippen LogP contribution >= 0.6 is 0 Å². The summed E-state index contributed by atoms with van der Waals surface area (Å²) >= 11 is 0. The lowest BCUT2D eigenvalue weighted by Crippen LogP contribution is -2.52. The van der Waals surface area contributed by atoms with Crippen LogP contribution in [0.1, 0.15) is 18.2 Å². The van der Waals surface area contributed by atoms with Crippen molar-refractivity contribution < 1.29 is 15.1 Å². The van der Waals surface area contributed by atoms with Crippen LogP contribution in [0, 0.1) is 10.1 Å². The minimum absolute atomic E-state index is 0.0162. The second-order valence-corrected chi connectivity index (χ2v) is 6.12. The molecule has 24 heavy (non-hydrogen) atoms. The summed E-state index contributed by atoms with van der Waals surface area (Å²) in [4.78, 5) is 16.2. The number of ether oxygens (including phenoxy) is 1. The van der Waals surface area contributed by atoms with Crippen LogP contribution in [-0.4, -0.2) is 74.2 Å². The summed E-state index contributed by atoms with van der Waals surface area (Å²) in [6, 6.07) is 3.26. The van der Waals surface area contributed by atoms with Crippen molar-refractivity contribution in [1.82, 2.24) is 9.80 Å². The number of non-ortho nitro benzene ring substituents is 1. The van der Waals surface area contributed by atoms with Crippen LogP contribution in [0.3, 0.4) is 0 Å². The number of piperazine rings is 1. The average molecular weight is 338 g/mol. The monoisotopic (exact) mass is 338 g/mol. The Balaban J connectivity index is 1.89. The molecule has 2 saturated heterocycles. The Hall–Kier alpha value is -1.86. The summed E-state index contributed by atoms with van der Waals surface area (Å²) in [6.45, 7) is 2.78. The van der Waals surface area contributed by atoms with Crippen molar-refractivity contribution in [2.75, 3.05) is 58.3 Å². The maximum absolute atomic E-state index is 11.0. The second kappa shape index (κ2) is 7.36. The molecule has 2 heterocycles. The zero-order valence-electron chi connectivity index (χ0n) is 18.1. The first-order chi connectivity index (χ1) is 13.0. The summed E-state index contributed by atoms with van der Waals surface area (Å²) in [5, 5.41) is 11.0. The molecule has 1 aromatic rings. The standard InChI is InChI=1S/C17H26N4O3/c1-18-9-11-19(12-10-18)14-5-7-20(8-6-14)16-4-3-15(21(22)23)13-17(16)24-2/h3-4,13-14H,5-12H2,1-2H3/i5D2,6D2. The number of hydrogen-bond donors (Lipinski definition) is 0. The summed E-state index contributed by atoms with van der Waals surface area (Å²) < 4.78 is 39.8. The topological polar surface area (TPSA) is 62.1 Å². The van der Waals surface area contributed by atoms with Crippen LogP contribution in [0.25, 0.3) is 0 Å². The molecule has 3 rings (SSSR count). The van der Waals surface area contributed by atoms with Gasteiger partial charge in [0, 0.05) is 56.9 Å². The molecule has 0 aliphatic carbocycles. The highest BCUT2D eigenvalue weighted by molar-refractivity contribution is 5.62. The quantitative estimate of drug-likeness (QED) is 0.616. The van der Waals surface area contributed by atoms with Gasteiger partial charge >= 0.3 is 0 Å². The van der Waals surface area contributed by atoms with Crippen molar-refractivity contribution in [1.29, 1.82) is 0 Å². The van der Waals surface area contributed by atoms with E-state index in [0.717, 1.165) is 13.1 Å². The second-order valence-electron chi connectivity index (χ2n) is 6.12. The Morgan fingerprint density at radius 1 is 1.21 bits per heavy atom. The molecule has 0 saturated carbocycles. The van der Waals surface area contributed by atoms with E-state index < -0.39 is 23.7 Å². The zero-order valence-corrected chi connectivity index (χ0v) is 14.1. The minimum Gasteiger partial charge on any atom is -0.494 e. The van der Waals surface area contributed by atoms with Gasteiger partial charge in [-0.05, 0) is 25.9 Å². The first-order valence-electron chi connectivity index (χ1n) is 10.1. The van der Waals surface area contributed by atoms with Gasteiger partial charge in [-0.3, -0.25) is 15.0 Å². The van der Waals surface area contributed by atoms with E-state index in [1.807, 2.05) is 11.9 Å². The summed E-state index contributed by atoms with van der Waals surface area (Å²) in [5.41, 5.74) is 0.330. The van der Waals surface area contributed by atoms with Gasteiger partial charge in [0.15, 0.2) is 0 Å². The molecule has 2 aliphatic heterocycles. The lowest BCUT2D eigenvalue weighted by Gasteiger charge is -2.42. The first kappa shape index (κ1) is 12.5. The van der Waals surface area contributed by atoms with Crippen molar-refractivity contribution in [3.05, 3.63) is 28.3 Å². The molecule has 0 unspecified atom stereocenters. The van der Waals surface area contributed by atoms with Gasteiger partial charge < -0.3 is 14.5 Å². The molecule has 7 heteroatoms. The molecule has 0 radical (unpaired) electrons. The molecule has 2 aliphatic rings. The van der Waals surface area contributed by atoms with E-state index >= 15 is 0 Å². The number of nitro benzene ring substituents is 1. The SMILES string of the molecule is [2H]C1([2H])CN(c2ccc([N+](=O)[O-])cc2OC)CC([2H])([2H])C1N1CCN(C)CC1. The lowest BCUT2D eigenvalue weighted by atomic mass is 10.0. The van der Waals surface area contributed by atoms with Gasteiger partial charge in [0.1, 0.15) is 5.75 Å². The number of piperidine rings is 1. The number of methoxy groups -OCH3 is 1. The fourth-order valence-electron chi connectivity index (χ4n) is 3.07. The van der Waals surface area contributed by atoms with E-state index in [0.29, 0.717) is 18.8 Å². The molecule has 0 N–H and O–H groups in total. The van der Waals surface area contributed by atoms with Crippen molar-refractivity contribution in [2.45, 2.75) is 18.8 Å². The van der Waals surface area contributed by atoms with Crippen molar-refractivity contribution in [3.63, 3.8) is 0 Å². The Morgan fingerprint density at radius 2 is 1.88 bits per heavy atom. The molecule has 0 bridgehead atoms. The highest BCUT2D eigenvalue weighted by atomic mass is 16.6. The molecule has 132 valence electrons. The van der Waals surface area contributed by atoms with Gasteiger partial charge in [0.25, 0.3) is 5.69 Å². The maximum atomic E-state index is 11.0. The summed E-state index contributed by atoms with van der Waals surface area (Å²) in [6.07, 6.45) is -3.60. The molecule has 0 amide bonds. The lowest BCUT2D eigenvalue weighted by molar-refractivity contribution is -0.384. The molecule has 7 nitrogen and oxygen atoms in total. The predicted molar refractivity (Wildman–Crippen MR) is 94.0 cm³/mol. The van der Waals surface area contributed by atoms with Crippen LogP contribution in [-0.2, 0) is 0 Å². The first-order valence-corrected chi connectivity index (χ1v) is 8.05. The third-order valence-electron chi connectivity index (χ3n) is 4.57. The average Bonchev–Trinajstić information content (AvgIpc) is 2.60. The van der Waals surface area contributed by atoms with E-state index in [2.05, 4.69) is 4.90 Å². The van der Waals surface area contributed by atoms with Gasteiger partial charge in [0.05, 0.1) is 23.8 Å². The van der Waals surface area contributed by atoms with Gasteiger partial charge in [0.2, 0.25) is 0 Å². The molecule has 1 aromatic carbocycles. The number of anilines is 1. The summed E-state index contributed by atoms with van der Waals surface area (Å²) in [7, 11) is 3.40. The molecular weight excluding hydrogens is 308 g/mol. The number of likely N-dealkylation sites (N-methyl/N-ethyl adjacent to an activating group) is 1. The van der Waals surface area contributed by atoms with E-state index in [4.69, 9.17) is 10.2 Å². The van der Waals surface area contributed by atoms with Crippen LogP contribution < -0.4 is 9.64 Å². The van der Waals surface area contributed by atoms with Gasteiger partial charge in [-0.2, -0.15) is 0 Å². The van der Waals surface area contributed by atoms with Crippen molar-refractivity contribution >= 4 is 11.4 Å². The number of benzene rings is 1.